The average molecular weight is 369 g/mol. The number of aryl methyl sites for hydroxylation is 1. The Balaban J connectivity index is 1.50. The van der Waals surface area contributed by atoms with Crippen LogP contribution in [-0.4, -0.2) is 25.1 Å². The van der Waals surface area contributed by atoms with Crippen LogP contribution >= 0.6 is 23.1 Å². The van der Waals surface area contributed by atoms with Gasteiger partial charge < -0.3 is 4.98 Å². The van der Waals surface area contributed by atoms with Crippen LogP contribution in [0.1, 0.15) is 22.1 Å². The topological polar surface area (TPSA) is 87.3 Å². The fourth-order valence-corrected chi connectivity index (χ4v) is 3.95. The number of fused-ring (bicyclic) bond motifs is 1. The monoisotopic (exact) mass is 369 g/mol. The lowest BCUT2D eigenvalue weighted by atomic mass is 10.1. The van der Waals surface area contributed by atoms with Crippen LogP contribution in [0.15, 0.2) is 45.7 Å². The Morgan fingerprint density at radius 2 is 2.08 bits per heavy atom. The molecule has 25 heavy (non-hydrogen) atoms. The highest BCUT2D eigenvalue weighted by Gasteiger charge is 2.09. The van der Waals surface area contributed by atoms with E-state index in [1.165, 1.54) is 16.6 Å². The Labute approximate surface area is 151 Å². The van der Waals surface area contributed by atoms with Gasteiger partial charge in [-0.25, -0.2) is 9.97 Å². The van der Waals surface area contributed by atoms with Gasteiger partial charge in [-0.1, -0.05) is 30.0 Å². The second-order valence-electron chi connectivity index (χ2n) is 5.59. The molecule has 8 heteroatoms. The summed E-state index contributed by atoms with van der Waals surface area (Å²) in [4.78, 5) is 25.3. The molecule has 0 aliphatic rings. The summed E-state index contributed by atoms with van der Waals surface area (Å²) in [5, 5.41) is 10.5. The smallest absolute Gasteiger partial charge is 0.258 e. The normalized spacial score (nSPS) is 11.2. The van der Waals surface area contributed by atoms with Crippen molar-refractivity contribution in [2.24, 2.45) is 0 Å². The molecular weight excluding hydrogens is 354 g/mol. The summed E-state index contributed by atoms with van der Waals surface area (Å²) in [6.45, 7) is 1.96. The van der Waals surface area contributed by atoms with E-state index in [4.69, 9.17) is 0 Å². The van der Waals surface area contributed by atoms with Crippen molar-refractivity contribution in [3.63, 3.8) is 0 Å². The molecule has 0 saturated carbocycles. The minimum Gasteiger partial charge on any atom is -0.309 e. The molecule has 4 rings (SSSR count). The average Bonchev–Trinajstić information content (AvgIpc) is 3.26. The SMILES string of the molecule is Cc1cccc2c(=O)[nH]c(CSc3n[nH]c(Cc4cccs4)n3)nc12. The summed E-state index contributed by atoms with van der Waals surface area (Å²) < 4.78 is 0. The van der Waals surface area contributed by atoms with Crippen LogP contribution in [0.5, 0.6) is 0 Å². The number of aromatic amines is 2. The Kier molecular flexibility index (Phi) is 4.37. The first-order valence-electron chi connectivity index (χ1n) is 7.74. The zero-order valence-corrected chi connectivity index (χ0v) is 15.1. The molecule has 0 atom stereocenters. The first-order chi connectivity index (χ1) is 12.2. The van der Waals surface area contributed by atoms with Gasteiger partial charge in [0.25, 0.3) is 5.56 Å². The molecule has 1 aromatic carbocycles. The molecule has 3 heterocycles. The largest absolute Gasteiger partial charge is 0.309 e. The minimum absolute atomic E-state index is 0.113. The van der Waals surface area contributed by atoms with Crippen LogP contribution in [-0.2, 0) is 12.2 Å². The number of rotatable bonds is 5. The maximum absolute atomic E-state index is 12.2. The van der Waals surface area contributed by atoms with Gasteiger partial charge in [0.1, 0.15) is 11.6 Å². The molecule has 2 N–H and O–H groups in total. The van der Waals surface area contributed by atoms with Crippen LogP contribution in [0.2, 0.25) is 0 Å². The molecule has 3 aromatic heterocycles. The number of thiophene rings is 1. The standard InChI is InChI=1S/C17H15N5OS2/c1-10-4-2-6-12-15(10)18-14(19-16(12)23)9-25-17-20-13(21-22-17)8-11-5-3-7-24-11/h2-7H,8-9H2,1H3,(H,18,19,23)(H,20,21,22). The summed E-state index contributed by atoms with van der Waals surface area (Å²) in [6.07, 6.45) is 0.746. The molecule has 0 bridgehead atoms. The van der Waals surface area contributed by atoms with E-state index in [9.17, 15) is 4.79 Å². The van der Waals surface area contributed by atoms with Gasteiger partial charge in [-0.15, -0.1) is 16.4 Å². The lowest BCUT2D eigenvalue weighted by Crippen LogP contribution is -2.11. The van der Waals surface area contributed by atoms with E-state index in [2.05, 4.69) is 31.2 Å². The second-order valence-corrected chi connectivity index (χ2v) is 7.57. The van der Waals surface area contributed by atoms with Gasteiger partial charge in [0.2, 0.25) is 5.16 Å². The summed E-state index contributed by atoms with van der Waals surface area (Å²) >= 11 is 3.14. The summed E-state index contributed by atoms with van der Waals surface area (Å²) in [5.74, 6) is 1.97. The number of benzene rings is 1. The number of hydrogen-bond donors (Lipinski definition) is 2. The van der Waals surface area contributed by atoms with Crippen molar-refractivity contribution in [1.82, 2.24) is 25.1 Å². The van der Waals surface area contributed by atoms with E-state index in [-0.39, 0.29) is 5.56 Å². The zero-order chi connectivity index (χ0) is 17.2. The van der Waals surface area contributed by atoms with E-state index in [0.29, 0.717) is 22.1 Å². The Hall–Kier alpha value is -2.45. The summed E-state index contributed by atoms with van der Waals surface area (Å²) in [7, 11) is 0. The molecule has 126 valence electrons. The van der Waals surface area contributed by atoms with Crippen LogP contribution in [0.3, 0.4) is 0 Å². The third-order valence-electron chi connectivity index (χ3n) is 3.76. The highest BCUT2D eigenvalue weighted by atomic mass is 32.2. The van der Waals surface area contributed by atoms with Gasteiger partial charge in [-0.05, 0) is 30.0 Å². The molecule has 0 saturated heterocycles. The first-order valence-corrected chi connectivity index (χ1v) is 9.60. The van der Waals surface area contributed by atoms with Crippen LogP contribution in [0.25, 0.3) is 10.9 Å². The summed E-state index contributed by atoms with van der Waals surface area (Å²) in [6, 6.07) is 9.71. The molecule has 0 amide bonds. The number of hydrogen-bond acceptors (Lipinski definition) is 6. The maximum atomic E-state index is 12.2. The van der Waals surface area contributed by atoms with Crippen molar-refractivity contribution < 1.29 is 0 Å². The fourth-order valence-electron chi connectivity index (χ4n) is 2.55. The van der Waals surface area contributed by atoms with Crippen molar-refractivity contribution in [1.29, 1.82) is 0 Å². The molecule has 0 radical (unpaired) electrons. The number of para-hydroxylation sites is 1. The highest BCUT2D eigenvalue weighted by Crippen LogP contribution is 2.20. The quantitative estimate of drug-likeness (QED) is 0.527. The van der Waals surface area contributed by atoms with Crippen molar-refractivity contribution in [3.05, 3.63) is 68.2 Å². The Morgan fingerprint density at radius 3 is 2.92 bits per heavy atom. The highest BCUT2D eigenvalue weighted by molar-refractivity contribution is 7.98. The Morgan fingerprint density at radius 1 is 1.16 bits per heavy atom. The van der Waals surface area contributed by atoms with E-state index in [1.807, 2.05) is 30.5 Å². The van der Waals surface area contributed by atoms with E-state index < -0.39 is 0 Å². The zero-order valence-electron chi connectivity index (χ0n) is 13.4. The van der Waals surface area contributed by atoms with Gasteiger partial charge in [-0.2, -0.15) is 0 Å². The number of nitrogens with one attached hydrogen (secondary N) is 2. The first kappa shape index (κ1) is 16.0. The van der Waals surface area contributed by atoms with Crippen molar-refractivity contribution >= 4 is 34.0 Å². The summed E-state index contributed by atoms with van der Waals surface area (Å²) in [5.41, 5.74) is 1.62. The van der Waals surface area contributed by atoms with Crippen molar-refractivity contribution in [2.45, 2.75) is 24.3 Å². The predicted octanol–water partition coefficient (Wildman–Crippen LogP) is 3.29. The van der Waals surface area contributed by atoms with E-state index in [1.54, 1.807) is 17.4 Å². The van der Waals surface area contributed by atoms with Gasteiger partial charge in [0.05, 0.1) is 16.7 Å². The minimum atomic E-state index is -0.113. The van der Waals surface area contributed by atoms with Crippen LogP contribution in [0.4, 0.5) is 0 Å². The molecule has 0 fully saturated rings. The van der Waals surface area contributed by atoms with E-state index in [0.717, 1.165) is 23.3 Å². The van der Waals surface area contributed by atoms with Gasteiger partial charge in [0.15, 0.2) is 0 Å². The molecule has 4 aromatic rings. The van der Waals surface area contributed by atoms with Crippen LogP contribution < -0.4 is 5.56 Å². The van der Waals surface area contributed by atoms with Crippen molar-refractivity contribution in [2.75, 3.05) is 0 Å². The maximum Gasteiger partial charge on any atom is 0.258 e. The van der Waals surface area contributed by atoms with E-state index >= 15 is 0 Å². The number of aromatic nitrogens is 5. The lowest BCUT2D eigenvalue weighted by molar-refractivity contribution is 0.956. The third kappa shape index (κ3) is 3.49. The number of thioether (sulfide) groups is 1. The fraction of sp³-hybridized carbons (Fsp3) is 0.176. The van der Waals surface area contributed by atoms with Gasteiger partial charge >= 0.3 is 0 Å². The molecular formula is C17H15N5OS2. The Bertz CT molecular complexity index is 1070. The second kappa shape index (κ2) is 6.81. The molecule has 0 aliphatic heterocycles. The lowest BCUT2D eigenvalue weighted by Gasteiger charge is -2.03. The molecule has 6 nitrogen and oxygen atoms in total. The number of nitrogens with zero attached hydrogens (tertiary/aromatic N) is 3. The number of H-pyrrole nitrogens is 2. The molecule has 0 unspecified atom stereocenters. The van der Waals surface area contributed by atoms with Gasteiger partial charge in [0, 0.05) is 11.3 Å². The third-order valence-corrected chi connectivity index (χ3v) is 5.49. The molecule has 0 spiro atoms. The van der Waals surface area contributed by atoms with Crippen molar-refractivity contribution in [3.8, 4) is 0 Å². The van der Waals surface area contributed by atoms with Crippen LogP contribution in [0, 0.1) is 6.92 Å². The van der Waals surface area contributed by atoms with Gasteiger partial charge in [-0.3, -0.25) is 9.89 Å². The molecule has 0 aliphatic carbocycles. The predicted molar refractivity (Wildman–Crippen MR) is 100 cm³/mol.